The Morgan fingerprint density at radius 1 is 1.54 bits per heavy atom. The molecule has 0 fully saturated rings. The predicted molar refractivity (Wildman–Crippen MR) is 51.8 cm³/mol. The Balaban J connectivity index is 3.96. The zero-order valence-electron chi connectivity index (χ0n) is 7.91. The molecule has 0 saturated heterocycles. The third-order valence-corrected chi connectivity index (χ3v) is 2.47. The Morgan fingerprint density at radius 3 is 2.46 bits per heavy atom. The van der Waals surface area contributed by atoms with Gasteiger partial charge in [-0.1, -0.05) is 20.4 Å². The van der Waals surface area contributed by atoms with Gasteiger partial charge in [0, 0.05) is 12.0 Å². The van der Waals surface area contributed by atoms with Gasteiger partial charge in [0.25, 0.3) is 0 Å². The minimum Gasteiger partial charge on any atom is -0.355 e. The molecule has 0 rings (SSSR count). The van der Waals surface area contributed by atoms with Crippen molar-refractivity contribution < 1.29 is 13.2 Å². The van der Waals surface area contributed by atoms with Gasteiger partial charge in [-0.25, -0.2) is 8.42 Å². The van der Waals surface area contributed by atoms with Crippen molar-refractivity contribution in [2.45, 2.75) is 13.8 Å². The number of hydrogen-bond acceptors (Lipinski definition) is 3. The third kappa shape index (κ3) is 6.33. The van der Waals surface area contributed by atoms with E-state index >= 15 is 0 Å². The van der Waals surface area contributed by atoms with Crippen LogP contribution in [0.5, 0.6) is 0 Å². The predicted octanol–water partition coefficient (Wildman–Crippen LogP) is 0.317. The molecule has 0 aromatic rings. The summed E-state index contributed by atoms with van der Waals surface area (Å²) in [6.07, 6.45) is 0. The molecule has 0 heterocycles. The van der Waals surface area contributed by atoms with Crippen molar-refractivity contribution >= 4 is 15.7 Å². The standard InChI is InChI=1S/C8H15NO3S/c1-4-13(11,12)6-8(10)9-5-7(2)3/h4,7H,1,5-6H2,2-3H3,(H,9,10). The maximum Gasteiger partial charge on any atom is 0.235 e. The van der Waals surface area contributed by atoms with E-state index in [1.54, 1.807) is 0 Å². The van der Waals surface area contributed by atoms with Crippen LogP contribution in [-0.4, -0.2) is 26.6 Å². The van der Waals surface area contributed by atoms with Crippen molar-refractivity contribution in [2.24, 2.45) is 5.92 Å². The second kappa shape index (κ2) is 5.01. The molecule has 0 radical (unpaired) electrons. The van der Waals surface area contributed by atoms with Crippen molar-refractivity contribution in [2.75, 3.05) is 12.3 Å². The molecular weight excluding hydrogens is 190 g/mol. The molecule has 1 N–H and O–H groups in total. The Kier molecular flexibility index (Phi) is 4.69. The molecule has 0 bridgehead atoms. The van der Waals surface area contributed by atoms with Crippen molar-refractivity contribution in [3.63, 3.8) is 0 Å². The lowest BCUT2D eigenvalue weighted by Crippen LogP contribution is -2.32. The SMILES string of the molecule is C=CS(=O)(=O)CC(=O)NCC(C)C. The normalized spacial score (nSPS) is 11.3. The fourth-order valence-corrected chi connectivity index (χ4v) is 1.20. The van der Waals surface area contributed by atoms with Crippen LogP contribution in [0.1, 0.15) is 13.8 Å². The first-order valence-corrected chi connectivity index (χ1v) is 5.71. The second-order valence-electron chi connectivity index (χ2n) is 3.17. The van der Waals surface area contributed by atoms with Crippen LogP contribution in [0.15, 0.2) is 12.0 Å². The van der Waals surface area contributed by atoms with Gasteiger partial charge in [0.05, 0.1) is 0 Å². The Labute approximate surface area is 78.9 Å². The van der Waals surface area contributed by atoms with Gasteiger partial charge in [0.15, 0.2) is 9.84 Å². The van der Waals surface area contributed by atoms with E-state index in [0.29, 0.717) is 12.5 Å². The van der Waals surface area contributed by atoms with Crippen LogP contribution in [0.25, 0.3) is 0 Å². The topological polar surface area (TPSA) is 63.2 Å². The van der Waals surface area contributed by atoms with E-state index in [1.807, 2.05) is 13.8 Å². The number of hydrogen-bond donors (Lipinski definition) is 1. The Bertz CT molecular complexity index is 280. The highest BCUT2D eigenvalue weighted by molar-refractivity contribution is 7.94. The molecule has 0 atom stereocenters. The van der Waals surface area contributed by atoms with Gasteiger partial charge < -0.3 is 5.32 Å². The molecule has 0 aliphatic rings. The summed E-state index contributed by atoms with van der Waals surface area (Å²) < 4.78 is 21.8. The summed E-state index contributed by atoms with van der Waals surface area (Å²) in [6, 6.07) is 0. The largest absolute Gasteiger partial charge is 0.355 e. The van der Waals surface area contributed by atoms with Gasteiger partial charge in [-0.15, -0.1) is 0 Å². The first-order valence-electron chi connectivity index (χ1n) is 3.99. The van der Waals surface area contributed by atoms with E-state index in [9.17, 15) is 13.2 Å². The quantitative estimate of drug-likeness (QED) is 0.703. The lowest BCUT2D eigenvalue weighted by molar-refractivity contribution is -0.118. The number of sulfone groups is 1. The Morgan fingerprint density at radius 2 is 2.08 bits per heavy atom. The van der Waals surface area contributed by atoms with Gasteiger partial charge in [-0.05, 0) is 5.92 Å². The molecule has 0 saturated carbocycles. The maximum atomic E-state index is 11.0. The number of amides is 1. The van der Waals surface area contributed by atoms with E-state index in [0.717, 1.165) is 5.41 Å². The van der Waals surface area contributed by atoms with E-state index in [2.05, 4.69) is 11.9 Å². The summed E-state index contributed by atoms with van der Waals surface area (Å²) in [5.74, 6) is -0.674. The van der Waals surface area contributed by atoms with Gasteiger partial charge in [-0.3, -0.25) is 4.79 Å². The highest BCUT2D eigenvalue weighted by atomic mass is 32.2. The van der Waals surface area contributed by atoms with Crippen molar-refractivity contribution in [1.29, 1.82) is 0 Å². The minimum atomic E-state index is -3.41. The number of rotatable bonds is 5. The molecule has 0 aromatic carbocycles. The van der Waals surface area contributed by atoms with Gasteiger partial charge >= 0.3 is 0 Å². The zero-order valence-corrected chi connectivity index (χ0v) is 8.73. The van der Waals surface area contributed by atoms with Crippen LogP contribution >= 0.6 is 0 Å². The molecule has 1 amide bonds. The van der Waals surface area contributed by atoms with Crippen LogP contribution in [0, 0.1) is 5.92 Å². The molecule has 13 heavy (non-hydrogen) atoms. The first kappa shape index (κ1) is 12.2. The monoisotopic (exact) mass is 205 g/mol. The van der Waals surface area contributed by atoms with E-state index < -0.39 is 21.5 Å². The average molecular weight is 205 g/mol. The summed E-state index contributed by atoms with van der Waals surface area (Å²) in [4.78, 5) is 11.0. The average Bonchev–Trinajstić information content (AvgIpc) is 2.00. The molecule has 5 heteroatoms. The molecule has 0 aliphatic carbocycles. The van der Waals surface area contributed by atoms with Crippen molar-refractivity contribution in [3.05, 3.63) is 12.0 Å². The van der Waals surface area contributed by atoms with E-state index in [1.165, 1.54) is 0 Å². The molecule has 0 spiro atoms. The molecule has 0 aromatic heterocycles. The van der Waals surface area contributed by atoms with Gasteiger partial charge in [0.2, 0.25) is 5.91 Å². The van der Waals surface area contributed by atoms with Crippen molar-refractivity contribution in [1.82, 2.24) is 5.32 Å². The highest BCUT2D eigenvalue weighted by Crippen LogP contribution is 1.91. The molecule has 0 aliphatic heterocycles. The van der Waals surface area contributed by atoms with Gasteiger partial charge in [0.1, 0.15) is 5.75 Å². The summed E-state index contributed by atoms with van der Waals surface area (Å²) in [5, 5.41) is 3.30. The number of carbonyl (C=O) groups is 1. The molecular formula is C8H15NO3S. The molecule has 4 nitrogen and oxygen atoms in total. The van der Waals surface area contributed by atoms with Crippen LogP contribution in [0.3, 0.4) is 0 Å². The molecule has 76 valence electrons. The third-order valence-electron chi connectivity index (χ3n) is 1.29. The lowest BCUT2D eigenvalue weighted by atomic mass is 10.2. The molecule has 0 unspecified atom stereocenters. The number of carbonyl (C=O) groups excluding carboxylic acids is 1. The van der Waals surface area contributed by atoms with E-state index in [-0.39, 0.29) is 0 Å². The summed E-state index contributed by atoms with van der Waals surface area (Å²) in [7, 11) is -3.41. The fraction of sp³-hybridized carbons (Fsp3) is 0.625. The van der Waals surface area contributed by atoms with Crippen LogP contribution < -0.4 is 5.32 Å². The van der Waals surface area contributed by atoms with Crippen LogP contribution in [0.4, 0.5) is 0 Å². The number of nitrogens with one attached hydrogen (secondary N) is 1. The lowest BCUT2D eigenvalue weighted by Gasteiger charge is -2.06. The van der Waals surface area contributed by atoms with Crippen LogP contribution in [0.2, 0.25) is 0 Å². The second-order valence-corrected chi connectivity index (χ2v) is 5.12. The van der Waals surface area contributed by atoms with Crippen molar-refractivity contribution in [3.8, 4) is 0 Å². The van der Waals surface area contributed by atoms with Gasteiger partial charge in [-0.2, -0.15) is 0 Å². The van der Waals surface area contributed by atoms with E-state index in [4.69, 9.17) is 0 Å². The Hall–Kier alpha value is -0.840. The fourth-order valence-electron chi connectivity index (χ4n) is 0.611. The van der Waals surface area contributed by atoms with Crippen LogP contribution in [-0.2, 0) is 14.6 Å². The maximum absolute atomic E-state index is 11.0. The minimum absolute atomic E-state index is 0.315. The zero-order chi connectivity index (χ0) is 10.5. The summed E-state index contributed by atoms with van der Waals surface area (Å²) in [6.45, 7) is 7.47. The summed E-state index contributed by atoms with van der Waals surface area (Å²) >= 11 is 0. The first-order chi connectivity index (χ1) is 5.87. The highest BCUT2D eigenvalue weighted by Gasteiger charge is 2.12. The summed E-state index contributed by atoms with van der Waals surface area (Å²) in [5.41, 5.74) is 0. The smallest absolute Gasteiger partial charge is 0.235 e.